The van der Waals surface area contributed by atoms with Crippen molar-refractivity contribution in [3.8, 4) is 0 Å². The molecule has 1 aliphatic heterocycles. The number of amides is 1. The molecule has 1 aromatic heterocycles. The highest BCUT2D eigenvalue weighted by Gasteiger charge is 2.31. The molecule has 0 aliphatic carbocycles. The number of nitrogens with zero attached hydrogens (tertiary/aromatic N) is 4. The third kappa shape index (κ3) is 4.62. The van der Waals surface area contributed by atoms with Crippen molar-refractivity contribution in [2.45, 2.75) is 44.0 Å². The van der Waals surface area contributed by atoms with Crippen molar-refractivity contribution in [1.29, 1.82) is 0 Å². The zero-order chi connectivity index (χ0) is 21.2. The van der Waals surface area contributed by atoms with E-state index in [1.807, 2.05) is 0 Å². The van der Waals surface area contributed by atoms with Crippen LogP contribution in [0.3, 0.4) is 0 Å². The van der Waals surface area contributed by atoms with Crippen molar-refractivity contribution in [2.75, 3.05) is 20.1 Å². The Hall–Kier alpha value is -2.39. The van der Waals surface area contributed by atoms with Gasteiger partial charge in [-0.2, -0.15) is 4.31 Å². The summed E-state index contributed by atoms with van der Waals surface area (Å²) in [4.78, 5) is 22.9. The molecule has 0 spiro atoms. The van der Waals surface area contributed by atoms with Gasteiger partial charge in [-0.25, -0.2) is 22.8 Å². The molecule has 1 aliphatic rings. The summed E-state index contributed by atoms with van der Waals surface area (Å²) >= 11 is 0. The first-order valence-corrected chi connectivity index (χ1v) is 11.0. The van der Waals surface area contributed by atoms with Gasteiger partial charge >= 0.3 is 0 Å². The Morgan fingerprint density at radius 2 is 2.00 bits per heavy atom. The van der Waals surface area contributed by atoms with E-state index in [-0.39, 0.29) is 16.8 Å². The van der Waals surface area contributed by atoms with Gasteiger partial charge in [-0.15, -0.1) is 0 Å². The minimum absolute atomic E-state index is 0.0652. The Morgan fingerprint density at radius 3 is 2.69 bits per heavy atom. The van der Waals surface area contributed by atoms with Crippen LogP contribution in [-0.4, -0.2) is 59.7 Å². The molecule has 7 nitrogen and oxygen atoms in total. The summed E-state index contributed by atoms with van der Waals surface area (Å²) in [5.41, 5.74) is 1.10. The van der Waals surface area contributed by atoms with Gasteiger partial charge in [0.05, 0.1) is 16.2 Å². The van der Waals surface area contributed by atoms with Gasteiger partial charge in [0.2, 0.25) is 10.0 Å². The number of sulfonamides is 1. The number of carbonyl (C=O) groups excluding carboxylic acids is 1. The molecule has 1 aromatic carbocycles. The third-order valence-corrected chi connectivity index (χ3v) is 7.21. The molecule has 29 heavy (non-hydrogen) atoms. The molecule has 1 unspecified atom stereocenters. The minimum atomic E-state index is -3.81. The van der Waals surface area contributed by atoms with E-state index >= 15 is 0 Å². The van der Waals surface area contributed by atoms with Gasteiger partial charge in [-0.1, -0.05) is 6.07 Å². The standard InChI is InChI=1S/C20H25FN4O3S/c1-14-19(13-22-15(2)23-14)20(26)25-10-5-7-17(9-11-25)24(3)29(27,28)18-8-4-6-16(21)12-18/h4,6,8,12-13,17H,5,7,9-11H2,1-3H3. The molecule has 2 aromatic rings. The van der Waals surface area contributed by atoms with E-state index < -0.39 is 15.8 Å². The second-order valence-corrected chi connectivity index (χ2v) is 9.27. The molecule has 1 fully saturated rings. The number of aryl methyl sites for hydroxylation is 2. The molecule has 1 atom stereocenters. The van der Waals surface area contributed by atoms with Gasteiger partial charge in [-0.3, -0.25) is 4.79 Å². The summed E-state index contributed by atoms with van der Waals surface area (Å²) in [6, 6.07) is 4.75. The van der Waals surface area contributed by atoms with Crippen LogP contribution in [0.4, 0.5) is 4.39 Å². The van der Waals surface area contributed by atoms with Crippen molar-refractivity contribution in [3.05, 3.63) is 53.4 Å². The van der Waals surface area contributed by atoms with Crippen molar-refractivity contribution in [1.82, 2.24) is 19.2 Å². The lowest BCUT2D eigenvalue weighted by molar-refractivity contribution is 0.0758. The second kappa shape index (κ2) is 8.54. The van der Waals surface area contributed by atoms with Crippen molar-refractivity contribution in [3.63, 3.8) is 0 Å². The number of hydrogen-bond donors (Lipinski definition) is 0. The van der Waals surface area contributed by atoms with Crippen molar-refractivity contribution < 1.29 is 17.6 Å². The monoisotopic (exact) mass is 420 g/mol. The maximum atomic E-state index is 13.5. The van der Waals surface area contributed by atoms with E-state index in [0.29, 0.717) is 49.4 Å². The summed E-state index contributed by atoms with van der Waals surface area (Å²) < 4.78 is 40.5. The SMILES string of the molecule is Cc1ncc(C(=O)N2CCCC(N(C)S(=O)(=O)c3cccc(F)c3)CC2)c(C)n1. The number of rotatable bonds is 4. The molecule has 156 valence electrons. The third-order valence-electron chi connectivity index (χ3n) is 5.30. The molecule has 0 saturated carbocycles. The summed E-state index contributed by atoms with van der Waals surface area (Å²) in [5, 5.41) is 0. The molecule has 1 saturated heterocycles. The topological polar surface area (TPSA) is 83.5 Å². The minimum Gasteiger partial charge on any atom is -0.338 e. The zero-order valence-corrected chi connectivity index (χ0v) is 17.6. The molecular weight excluding hydrogens is 395 g/mol. The molecular formula is C20H25FN4O3S. The van der Waals surface area contributed by atoms with Crippen LogP contribution in [0.1, 0.15) is 41.1 Å². The van der Waals surface area contributed by atoms with Gasteiger partial charge < -0.3 is 4.90 Å². The fourth-order valence-electron chi connectivity index (χ4n) is 3.60. The number of benzene rings is 1. The van der Waals surface area contributed by atoms with E-state index in [9.17, 15) is 17.6 Å². The van der Waals surface area contributed by atoms with E-state index in [2.05, 4.69) is 9.97 Å². The van der Waals surface area contributed by atoms with Gasteiger partial charge in [0.15, 0.2) is 0 Å². The molecule has 2 heterocycles. The highest BCUT2D eigenvalue weighted by molar-refractivity contribution is 7.89. The zero-order valence-electron chi connectivity index (χ0n) is 16.8. The van der Waals surface area contributed by atoms with E-state index in [1.54, 1.807) is 24.9 Å². The fourth-order valence-corrected chi connectivity index (χ4v) is 5.05. The summed E-state index contributed by atoms with van der Waals surface area (Å²) in [6.45, 7) is 4.52. The Bertz CT molecular complexity index is 1010. The largest absolute Gasteiger partial charge is 0.338 e. The van der Waals surface area contributed by atoms with Crippen LogP contribution in [0.25, 0.3) is 0 Å². The number of carbonyl (C=O) groups is 1. The van der Waals surface area contributed by atoms with Crippen LogP contribution in [-0.2, 0) is 10.0 Å². The summed E-state index contributed by atoms with van der Waals surface area (Å²) in [7, 11) is -2.29. The highest BCUT2D eigenvalue weighted by atomic mass is 32.2. The average molecular weight is 421 g/mol. The molecule has 9 heteroatoms. The predicted octanol–water partition coefficient (Wildman–Crippen LogP) is 2.55. The summed E-state index contributed by atoms with van der Waals surface area (Å²) in [5.74, 6) is -0.120. The first-order chi connectivity index (χ1) is 13.7. The number of halogens is 1. The quantitative estimate of drug-likeness (QED) is 0.759. The Morgan fingerprint density at radius 1 is 1.24 bits per heavy atom. The summed E-state index contributed by atoms with van der Waals surface area (Å²) in [6.07, 6.45) is 3.34. The fraction of sp³-hybridized carbons (Fsp3) is 0.450. The Labute approximate surface area is 170 Å². The molecule has 0 bridgehead atoms. The first-order valence-electron chi connectivity index (χ1n) is 9.53. The van der Waals surface area contributed by atoms with Crippen molar-refractivity contribution in [2.24, 2.45) is 0 Å². The van der Waals surface area contributed by atoms with E-state index in [0.717, 1.165) is 6.07 Å². The predicted molar refractivity (Wildman–Crippen MR) is 106 cm³/mol. The van der Waals surface area contributed by atoms with Crippen LogP contribution in [0.15, 0.2) is 35.4 Å². The molecule has 3 rings (SSSR count). The van der Waals surface area contributed by atoms with Gasteiger partial charge in [-0.05, 0) is 51.3 Å². The van der Waals surface area contributed by atoms with Gasteiger partial charge in [0.1, 0.15) is 11.6 Å². The smallest absolute Gasteiger partial charge is 0.257 e. The molecule has 0 N–H and O–H groups in total. The first kappa shape index (κ1) is 21.3. The second-order valence-electron chi connectivity index (χ2n) is 7.27. The lowest BCUT2D eigenvalue weighted by Crippen LogP contribution is -2.38. The van der Waals surface area contributed by atoms with Gasteiger partial charge in [0, 0.05) is 32.4 Å². The molecule has 0 radical (unpaired) electrons. The van der Waals surface area contributed by atoms with E-state index in [1.165, 1.54) is 29.6 Å². The van der Waals surface area contributed by atoms with Crippen molar-refractivity contribution >= 4 is 15.9 Å². The lowest BCUT2D eigenvalue weighted by Gasteiger charge is -2.27. The Balaban J connectivity index is 1.73. The normalized spacial score (nSPS) is 18.0. The maximum Gasteiger partial charge on any atom is 0.257 e. The Kier molecular flexibility index (Phi) is 6.28. The number of aromatic nitrogens is 2. The van der Waals surface area contributed by atoms with Crippen LogP contribution < -0.4 is 0 Å². The average Bonchev–Trinajstić information content (AvgIpc) is 2.93. The van der Waals surface area contributed by atoms with Crippen LogP contribution in [0.5, 0.6) is 0 Å². The van der Waals surface area contributed by atoms with Gasteiger partial charge in [0.25, 0.3) is 5.91 Å². The van der Waals surface area contributed by atoms with E-state index in [4.69, 9.17) is 0 Å². The number of hydrogen-bond acceptors (Lipinski definition) is 5. The lowest BCUT2D eigenvalue weighted by atomic mass is 10.1. The van der Waals surface area contributed by atoms with Crippen LogP contribution >= 0.6 is 0 Å². The van der Waals surface area contributed by atoms with Crippen LogP contribution in [0.2, 0.25) is 0 Å². The maximum absolute atomic E-state index is 13.5. The highest BCUT2D eigenvalue weighted by Crippen LogP contribution is 2.24. The van der Waals surface area contributed by atoms with Crippen LogP contribution in [0, 0.1) is 19.7 Å². The number of likely N-dealkylation sites (tertiary alicyclic amines) is 1. The molecule has 1 amide bonds.